The summed E-state index contributed by atoms with van der Waals surface area (Å²) in [5.74, 6) is -0.101. The number of benzene rings is 2. The number of fused-ring (bicyclic) bond motifs is 2. The summed E-state index contributed by atoms with van der Waals surface area (Å²) in [6, 6.07) is 9.36. The van der Waals surface area contributed by atoms with Gasteiger partial charge in [0.15, 0.2) is 0 Å². The van der Waals surface area contributed by atoms with Crippen LogP contribution in [0.25, 0.3) is 10.9 Å². The molecule has 0 spiro atoms. The van der Waals surface area contributed by atoms with Crippen LogP contribution >= 0.6 is 11.6 Å². The van der Waals surface area contributed by atoms with Gasteiger partial charge in [0.05, 0.1) is 34.9 Å². The minimum atomic E-state index is -0.515. The van der Waals surface area contributed by atoms with E-state index < -0.39 is 4.92 Å². The zero-order valence-corrected chi connectivity index (χ0v) is 15.7. The molecule has 1 heterocycles. The highest BCUT2D eigenvalue weighted by Gasteiger charge is 2.25. The zero-order chi connectivity index (χ0) is 19.8. The van der Waals surface area contributed by atoms with Crippen molar-refractivity contribution in [3.63, 3.8) is 0 Å². The molecule has 1 aliphatic carbocycles. The molecule has 4 rings (SSSR count). The number of aryl methyl sites for hydroxylation is 1. The van der Waals surface area contributed by atoms with Gasteiger partial charge in [0, 0.05) is 22.2 Å². The quantitative estimate of drug-likeness (QED) is 0.515. The van der Waals surface area contributed by atoms with Crippen molar-refractivity contribution in [1.82, 2.24) is 4.98 Å². The second-order valence-electron chi connectivity index (χ2n) is 6.52. The van der Waals surface area contributed by atoms with Crippen LogP contribution in [0.15, 0.2) is 36.4 Å². The molecule has 1 aliphatic rings. The number of ether oxygens (including phenoxy) is 1. The first-order chi connectivity index (χ1) is 13.5. The number of methoxy groups -OCH3 is 1. The number of rotatable bonds is 4. The van der Waals surface area contributed by atoms with Crippen LogP contribution in [0.3, 0.4) is 0 Å². The Labute approximate surface area is 165 Å². The van der Waals surface area contributed by atoms with Crippen molar-refractivity contribution in [1.29, 1.82) is 0 Å². The number of nitro benzene ring substituents is 1. The number of aromatic nitrogens is 1. The summed E-state index contributed by atoms with van der Waals surface area (Å²) >= 11 is 6.16. The van der Waals surface area contributed by atoms with E-state index in [1.165, 1.54) is 25.3 Å². The van der Waals surface area contributed by atoms with Gasteiger partial charge < -0.3 is 10.1 Å². The number of nitrogens with one attached hydrogen (secondary N) is 1. The summed E-state index contributed by atoms with van der Waals surface area (Å²) in [5, 5.41) is 15.0. The van der Waals surface area contributed by atoms with Crippen LogP contribution in [0.2, 0.25) is 5.02 Å². The number of pyridine rings is 1. The van der Waals surface area contributed by atoms with E-state index in [1.54, 1.807) is 18.2 Å². The second kappa shape index (κ2) is 7.09. The molecular formula is C20H16ClN3O4. The lowest BCUT2D eigenvalue weighted by Crippen LogP contribution is -2.16. The van der Waals surface area contributed by atoms with Gasteiger partial charge in [-0.15, -0.1) is 0 Å². The van der Waals surface area contributed by atoms with Gasteiger partial charge in [0.2, 0.25) is 0 Å². The zero-order valence-electron chi connectivity index (χ0n) is 15.0. The number of amides is 1. The van der Waals surface area contributed by atoms with E-state index >= 15 is 0 Å². The van der Waals surface area contributed by atoms with Crippen molar-refractivity contribution >= 4 is 39.8 Å². The molecule has 0 saturated heterocycles. The summed E-state index contributed by atoms with van der Waals surface area (Å²) < 4.78 is 5.22. The molecule has 142 valence electrons. The molecule has 0 atom stereocenters. The molecule has 0 radical (unpaired) electrons. The van der Waals surface area contributed by atoms with E-state index in [4.69, 9.17) is 16.3 Å². The SMILES string of the molecule is COc1cc([N+](=O)[O-])ccc1NC(=O)c1c2c(nc3ccc(Cl)cc13)CCC2. The van der Waals surface area contributed by atoms with Gasteiger partial charge >= 0.3 is 0 Å². The van der Waals surface area contributed by atoms with Crippen LogP contribution in [0.4, 0.5) is 11.4 Å². The average molecular weight is 398 g/mol. The molecule has 8 heteroatoms. The van der Waals surface area contributed by atoms with Crippen LogP contribution in [0.1, 0.15) is 28.0 Å². The summed E-state index contributed by atoms with van der Waals surface area (Å²) in [5.41, 5.74) is 3.35. The Morgan fingerprint density at radius 1 is 1.25 bits per heavy atom. The fourth-order valence-electron chi connectivity index (χ4n) is 3.58. The number of halogens is 1. The highest BCUT2D eigenvalue weighted by Crippen LogP contribution is 2.34. The maximum absolute atomic E-state index is 13.2. The number of carbonyl (C=O) groups is 1. The molecule has 1 amide bonds. The Kier molecular flexibility index (Phi) is 4.60. The van der Waals surface area contributed by atoms with Crippen LogP contribution in [-0.2, 0) is 12.8 Å². The Balaban J connectivity index is 1.80. The third kappa shape index (κ3) is 3.14. The lowest BCUT2D eigenvalue weighted by atomic mass is 10.0. The third-order valence-electron chi connectivity index (χ3n) is 4.85. The van der Waals surface area contributed by atoms with Crippen molar-refractivity contribution in [3.05, 3.63) is 68.4 Å². The van der Waals surface area contributed by atoms with E-state index in [0.717, 1.165) is 30.5 Å². The molecule has 0 unspecified atom stereocenters. The maximum Gasteiger partial charge on any atom is 0.273 e. The fourth-order valence-corrected chi connectivity index (χ4v) is 3.75. The van der Waals surface area contributed by atoms with Crippen LogP contribution < -0.4 is 10.1 Å². The van der Waals surface area contributed by atoms with Gasteiger partial charge in [-0.05, 0) is 49.1 Å². The van der Waals surface area contributed by atoms with E-state index in [9.17, 15) is 14.9 Å². The average Bonchev–Trinajstić information content (AvgIpc) is 3.14. The highest BCUT2D eigenvalue weighted by molar-refractivity contribution is 6.31. The summed E-state index contributed by atoms with van der Waals surface area (Å²) in [7, 11) is 1.40. The van der Waals surface area contributed by atoms with E-state index in [0.29, 0.717) is 27.2 Å². The first kappa shape index (κ1) is 18.2. The predicted octanol–water partition coefficient (Wildman–Crippen LogP) is 4.55. The van der Waals surface area contributed by atoms with E-state index in [1.807, 2.05) is 0 Å². The monoisotopic (exact) mass is 397 g/mol. The molecular weight excluding hydrogens is 382 g/mol. The smallest absolute Gasteiger partial charge is 0.273 e. The molecule has 0 aliphatic heterocycles. The molecule has 0 saturated carbocycles. The number of nitrogens with zero attached hydrogens (tertiary/aromatic N) is 2. The largest absolute Gasteiger partial charge is 0.494 e. The lowest BCUT2D eigenvalue weighted by molar-refractivity contribution is -0.384. The standard InChI is InChI=1S/C20H16ClN3O4/c1-28-18-10-12(24(26)27)6-8-17(18)23-20(25)19-13-3-2-4-15(13)22-16-7-5-11(21)9-14(16)19/h5-10H,2-4H2,1H3,(H,23,25). The fraction of sp³-hybridized carbons (Fsp3) is 0.200. The number of anilines is 1. The first-order valence-electron chi connectivity index (χ1n) is 8.72. The first-order valence-corrected chi connectivity index (χ1v) is 9.10. The molecule has 1 N–H and O–H groups in total. The van der Waals surface area contributed by atoms with Crippen LogP contribution in [-0.4, -0.2) is 22.9 Å². The topological polar surface area (TPSA) is 94.4 Å². The number of nitro groups is 1. The minimum Gasteiger partial charge on any atom is -0.494 e. The Morgan fingerprint density at radius 2 is 2.07 bits per heavy atom. The molecule has 0 fully saturated rings. The molecule has 2 aromatic carbocycles. The number of non-ortho nitro benzene ring substituents is 1. The molecule has 3 aromatic rings. The van der Waals surface area contributed by atoms with Gasteiger partial charge in [-0.1, -0.05) is 11.6 Å². The Morgan fingerprint density at radius 3 is 2.82 bits per heavy atom. The van der Waals surface area contributed by atoms with Gasteiger partial charge in [-0.25, -0.2) is 0 Å². The summed E-state index contributed by atoms with van der Waals surface area (Å²) in [4.78, 5) is 28.3. The summed E-state index contributed by atoms with van der Waals surface area (Å²) in [6.07, 6.45) is 2.54. The van der Waals surface area contributed by atoms with Crippen LogP contribution in [0, 0.1) is 10.1 Å². The number of carbonyl (C=O) groups excluding carboxylic acids is 1. The van der Waals surface area contributed by atoms with Gasteiger partial charge in [0.25, 0.3) is 11.6 Å². The number of hydrogen-bond acceptors (Lipinski definition) is 5. The third-order valence-corrected chi connectivity index (χ3v) is 5.08. The van der Waals surface area contributed by atoms with Crippen molar-refractivity contribution in [3.8, 4) is 5.75 Å². The Hall–Kier alpha value is -3.19. The van der Waals surface area contributed by atoms with Crippen molar-refractivity contribution < 1.29 is 14.5 Å². The van der Waals surface area contributed by atoms with Gasteiger partial charge in [0.1, 0.15) is 5.75 Å². The van der Waals surface area contributed by atoms with Crippen molar-refractivity contribution in [2.45, 2.75) is 19.3 Å². The molecule has 0 bridgehead atoms. The number of hydrogen-bond donors (Lipinski definition) is 1. The Bertz CT molecular complexity index is 1130. The van der Waals surface area contributed by atoms with Gasteiger partial charge in [-0.2, -0.15) is 0 Å². The molecule has 1 aromatic heterocycles. The second-order valence-corrected chi connectivity index (χ2v) is 6.96. The van der Waals surface area contributed by atoms with Crippen LogP contribution in [0.5, 0.6) is 5.75 Å². The van der Waals surface area contributed by atoms with E-state index in [2.05, 4.69) is 10.3 Å². The minimum absolute atomic E-state index is 0.114. The van der Waals surface area contributed by atoms with Crippen molar-refractivity contribution in [2.24, 2.45) is 0 Å². The summed E-state index contributed by atoms with van der Waals surface area (Å²) in [6.45, 7) is 0. The van der Waals surface area contributed by atoms with Gasteiger partial charge in [-0.3, -0.25) is 19.9 Å². The normalized spacial score (nSPS) is 12.6. The molecule has 7 nitrogen and oxygen atoms in total. The highest BCUT2D eigenvalue weighted by atomic mass is 35.5. The van der Waals surface area contributed by atoms with E-state index in [-0.39, 0.29) is 17.3 Å². The predicted molar refractivity (Wildman–Crippen MR) is 106 cm³/mol. The molecule has 28 heavy (non-hydrogen) atoms. The van der Waals surface area contributed by atoms with Crippen molar-refractivity contribution in [2.75, 3.05) is 12.4 Å². The maximum atomic E-state index is 13.2. The lowest BCUT2D eigenvalue weighted by Gasteiger charge is -2.14.